The molecule has 24 heavy (non-hydrogen) atoms. The Kier molecular flexibility index (Phi) is 13.3. The van der Waals surface area contributed by atoms with Crippen molar-refractivity contribution >= 4 is 35.8 Å². The quantitative estimate of drug-likeness (QED) is 0.217. The van der Waals surface area contributed by atoms with Crippen LogP contribution in [0, 0.1) is 5.92 Å². The van der Waals surface area contributed by atoms with Crippen LogP contribution in [0.5, 0.6) is 0 Å². The van der Waals surface area contributed by atoms with E-state index in [0.717, 1.165) is 45.4 Å². The summed E-state index contributed by atoms with van der Waals surface area (Å²) in [6.07, 6.45) is 0. The molecule has 8 heteroatoms. The van der Waals surface area contributed by atoms with E-state index in [4.69, 9.17) is 4.74 Å². The van der Waals surface area contributed by atoms with Gasteiger partial charge >= 0.3 is 0 Å². The molecule has 1 saturated heterocycles. The number of rotatable bonds is 8. The van der Waals surface area contributed by atoms with E-state index in [1.807, 2.05) is 20.8 Å². The van der Waals surface area contributed by atoms with E-state index < -0.39 is 0 Å². The zero-order valence-electron chi connectivity index (χ0n) is 15.4. The molecule has 7 nitrogen and oxygen atoms in total. The molecule has 1 rings (SSSR count). The highest BCUT2D eigenvalue weighted by Gasteiger charge is 2.16. The average molecular weight is 455 g/mol. The number of aliphatic imine (C=N–C) groups is 1. The number of carbonyl (C=O) groups is 1. The molecule has 1 aliphatic rings. The number of hydrogen-bond donors (Lipinski definition) is 3. The van der Waals surface area contributed by atoms with Crippen LogP contribution in [0.15, 0.2) is 4.99 Å². The first kappa shape index (κ1) is 23.4. The van der Waals surface area contributed by atoms with Gasteiger partial charge < -0.3 is 20.7 Å². The molecular formula is C16H34IN5O2. The van der Waals surface area contributed by atoms with Crippen molar-refractivity contribution in [3.05, 3.63) is 0 Å². The lowest BCUT2D eigenvalue weighted by Gasteiger charge is -2.31. The number of hydrogen-bond acceptors (Lipinski definition) is 4. The fourth-order valence-corrected chi connectivity index (χ4v) is 2.27. The molecule has 1 atom stereocenters. The van der Waals surface area contributed by atoms with Gasteiger partial charge in [-0.05, 0) is 13.8 Å². The van der Waals surface area contributed by atoms with Crippen LogP contribution in [0.25, 0.3) is 0 Å². The lowest BCUT2D eigenvalue weighted by molar-refractivity contribution is -0.123. The molecule has 0 aliphatic carbocycles. The fourth-order valence-electron chi connectivity index (χ4n) is 2.27. The molecule has 142 valence electrons. The van der Waals surface area contributed by atoms with Crippen LogP contribution in [-0.2, 0) is 9.53 Å². The zero-order valence-corrected chi connectivity index (χ0v) is 17.8. The van der Waals surface area contributed by atoms with E-state index in [0.29, 0.717) is 19.1 Å². The summed E-state index contributed by atoms with van der Waals surface area (Å²) in [4.78, 5) is 18.5. The van der Waals surface area contributed by atoms with E-state index in [2.05, 4.69) is 32.8 Å². The third kappa shape index (κ3) is 9.63. The summed E-state index contributed by atoms with van der Waals surface area (Å²) in [7, 11) is 0. The third-order valence-electron chi connectivity index (χ3n) is 3.77. The highest BCUT2D eigenvalue weighted by molar-refractivity contribution is 14.0. The van der Waals surface area contributed by atoms with Crippen LogP contribution in [0.1, 0.15) is 27.7 Å². The molecule has 0 radical (unpaired) electrons. The van der Waals surface area contributed by atoms with Gasteiger partial charge in [0.1, 0.15) is 0 Å². The summed E-state index contributed by atoms with van der Waals surface area (Å²) >= 11 is 0. The number of guanidine groups is 1. The second-order valence-corrected chi connectivity index (χ2v) is 6.09. The van der Waals surface area contributed by atoms with Gasteiger partial charge in [-0.15, -0.1) is 24.0 Å². The lowest BCUT2D eigenvalue weighted by Crippen LogP contribution is -2.45. The summed E-state index contributed by atoms with van der Waals surface area (Å²) in [6, 6.07) is 0.398. The second-order valence-electron chi connectivity index (χ2n) is 6.09. The van der Waals surface area contributed by atoms with Crippen molar-refractivity contribution in [1.29, 1.82) is 0 Å². The number of halogens is 1. The SMILES string of the molecule is CCNC(=NCC(C)N1CCOCC1)NCCNC(=O)C(C)C.I. The third-order valence-corrected chi connectivity index (χ3v) is 3.77. The van der Waals surface area contributed by atoms with Crippen LogP contribution < -0.4 is 16.0 Å². The van der Waals surface area contributed by atoms with Crippen molar-refractivity contribution < 1.29 is 9.53 Å². The maximum atomic E-state index is 11.5. The Morgan fingerprint density at radius 1 is 1.12 bits per heavy atom. The molecule has 1 heterocycles. The molecule has 0 bridgehead atoms. The highest BCUT2D eigenvalue weighted by Crippen LogP contribution is 2.03. The van der Waals surface area contributed by atoms with E-state index in [1.165, 1.54) is 0 Å². The van der Waals surface area contributed by atoms with E-state index in [-0.39, 0.29) is 35.8 Å². The first-order valence-corrected chi connectivity index (χ1v) is 8.66. The van der Waals surface area contributed by atoms with Crippen molar-refractivity contribution in [3.8, 4) is 0 Å². The van der Waals surface area contributed by atoms with Crippen LogP contribution in [-0.4, -0.2) is 75.3 Å². The number of ether oxygens (including phenoxy) is 1. The monoisotopic (exact) mass is 455 g/mol. The molecule has 1 unspecified atom stereocenters. The Hall–Kier alpha value is -0.610. The molecule has 0 aromatic rings. The van der Waals surface area contributed by atoms with Crippen LogP contribution in [0.3, 0.4) is 0 Å². The summed E-state index contributed by atoms with van der Waals surface area (Å²) in [5, 5.41) is 9.38. The average Bonchev–Trinajstić information content (AvgIpc) is 2.56. The summed E-state index contributed by atoms with van der Waals surface area (Å²) < 4.78 is 5.38. The predicted octanol–water partition coefficient (Wildman–Crippen LogP) is 0.652. The van der Waals surface area contributed by atoms with Gasteiger partial charge in [0.2, 0.25) is 5.91 Å². The van der Waals surface area contributed by atoms with Crippen molar-refractivity contribution in [2.45, 2.75) is 33.7 Å². The molecule has 1 fully saturated rings. The van der Waals surface area contributed by atoms with Gasteiger partial charge in [-0.3, -0.25) is 14.7 Å². The standard InChI is InChI=1S/C16H33N5O2.HI/c1-5-17-16(19-7-6-18-15(22)13(2)3)20-12-14(4)21-8-10-23-11-9-21;/h13-14H,5-12H2,1-4H3,(H,18,22)(H2,17,19,20);1H. The number of carbonyl (C=O) groups excluding carboxylic acids is 1. The van der Waals surface area contributed by atoms with Crippen LogP contribution in [0.4, 0.5) is 0 Å². The van der Waals surface area contributed by atoms with Crippen LogP contribution >= 0.6 is 24.0 Å². The molecule has 0 aromatic heterocycles. The second kappa shape index (κ2) is 13.7. The van der Waals surface area contributed by atoms with Gasteiger partial charge in [0.25, 0.3) is 0 Å². The van der Waals surface area contributed by atoms with Gasteiger partial charge in [0, 0.05) is 44.7 Å². The van der Waals surface area contributed by atoms with E-state index >= 15 is 0 Å². The van der Waals surface area contributed by atoms with E-state index in [1.54, 1.807) is 0 Å². The zero-order chi connectivity index (χ0) is 17.1. The molecule has 0 spiro atoms. The van der Waals surface area contributed by atoms with E-state index in [9.17, 15) is 4.79 Å². The highest BCUT2D eigenvalue weighted by atomic mass is 127. The number of amides is 1. The van der Waals surface area contributed by atoms with Crippen molar-refractivity contribution in [2.24, 2.45) is 10.9 Å². The number of nitrogens with zero attached hydrogens (tertiary/aromatic N) is 2. The Morgan fingerprint density at radius 2 is 1.75 bits per heavy atom. The van der Waals surface area contributed by atoms with Crippen molar-refractivity contribution in [2.75, 3.05) is 52.5 Å². The maximum absolute atomic E-state index is 11.5. The Balaban J connectivity index is 0.00000529. The maximum Gasteiger partial charge on any atom is 0.222 e. The minimum Gasteiger partial charge on any atom is -0.379 e. The van der Waals surface area contributed by atoms with Crippen molar-refractivity contribution in [1.82, 2.24) is 20.9 Å². The fraction of sp³-hybridized carbons (Fsp3) is 0.875. The smallest absolute Gasteiger partial charge is 0.222 e. The largest absolute Gasteiger partial charge is 0.379 e. The van der Waals surface area contributed by atoms with Crippen LogP contribution in [0.2, 0.25) is 0 Å². The molecular weight excluding hydrogens is 421 g/mol. The van der Waals surface area contributed by atoms with Gasteiger partial charge in [-0.25, -0.2) is 0 Å². The summed E-state index contributed by atoms with van der Waals surface area (Å²) in [5.74, 6) is 0.896. The lowest BCUT2D eigenvalue weighted by atomic mass is 10.2. The molecule has 1 aliphatic heterocycles. The molecule has 1 amide bonds. The van der Waals surface area contributed by atoms with Gasteiger partial charge in [-0.1, -0.05) is 13.8 Å². The molecule has 0 saturated carbocycles. The minimum atomic E-state index is 0. The number of morpholine rings is 1. The minimum absolute atomic E-state index is 0. The Labute approximate surface area is 163 Å². The predicted molar refractivity (Wildman–Crippen MR) is 109 cm³/mol. The van der Waals surface area contributed by atoms with Gasteiger partial charge in [0.05, 0.1) is 19.8 Å². The summed E-state index contributed by atoms with van der Waals surface area (Å²) in [5.41, 5.74) is 0. The topological polar surface area (TPSA) is 78.0 Å². The normalized spacial score (nSPS) is 17.1. The summed E-state index contributed by atoms with van der Waals surface area (Å²) in [6.45, 7) is 14.4. The van der Waals surface area contributed by atoms with Crippen molar-refractivity contribution in [3.63, 3.8) is 0 Å². The van der Waals surface area contributed by atoms with Gasteiger partial charge in [0.15, 0.2) is 5.96 Å². The Bertz CT molecular complexity index is 373. The number of nitrogens with one attached hydrogen (secondary N) is 3. The van der Waals surface area contributed by atoms with Gasteiger partial charge in [-0.2, -0.15) is 0 Å². The molecule has 3 N–H and O–H groups in total. The first-order valence-electron chi connectivity index (χ1n) is 8.66. The Morgan fingerprint density at radius 3 is 2.33 bits per heavy atom. The molecule has 0 aromatic carbocycles. The first-order chi connectivity index (χ1) is 11.0.